The summed E-state index contributed by atoms with van der Waals surface area (Å²) in [5, 5.41) is 18.7. The van der Waals surface area contributed by atoms with E-state index in [9.17, 15) is 9.90 Å². The number of fused-ring (bicyclic) bond motifs is 1. The Morgan fingerprint density at radius 2 is 2.23 bits per heavy atom. The predicted molar refractivity (Wildman–Crippen MR) is 82.6 cm³/mol. The summed E-state index contributed by atoms with van der Waals surface area (Å²) in [5.74, 6) is 0.223. The highest BCUT2D eigenvalue weighted by Crippen LogP contribution is 2.21. The number of β-amino-alcohol motifs (C(OH)–C–C–N with tert-alkyl or cyclic N) is 1. The number of carbonyl (C=O) groups is 1. The fourth-order valence-corrected chi connectivity index (χ4v) is 2.52. The van der Waals surface area contributed by atoms with Crippen LogP contribution in [0.3, 0.4) is 0 Å². The molecule has 122 valence electrons. The van der Waals surface area contributed by atoms with Gasteiger partial charge in [-0.1, -0.05) is 0 Å². The van der Waals surface area contributed by atoms with Crippen molar-refractivity contribution in [2.24, 2.45) is 0 Å². The highest BCUT2D eigenvalue weighted by molar-refractivity contribution is 5.79. The minimum absolute atomic E-state index is 0.241. The van der Waals surface area contributed by atoms with Gasteiger partial charge in [0.2, 0.25) is 0 Å². The molecule has 7 nitrogen and oxygen atoms in total. The molecule has 1 aliphatic heterocycles. The third-order valence-corrected chi connectivity index (χ3v) is 3.71. The van der Waals surface area contributed by atoms with Gasteiger partial charge in [-0.3, -0.25) is 4.90 Å². The van der Waals surface area contributed by atoms with E-state index in [0.717, 1.165) is 30.0 Å². The van der Waals surface area contributed by atoms with Crippen LogP contribution in [0, 0.1) is 0 Å². The molecular formula is C15H24N4O3. The molecule has 0 spiro atoms. The minimum atomic E-state index is -1.50. The Morgan fingerprint density at radius 3 is 2.86 bits per heavy atom. The predicted octanol–water partition coefficient (Wildman–Crippen LogP) is 0.215. The van der Waals surface area contributed by atoms with Gasteiger partial charge >= 0.3 is 5.97 Å². The Bertz CT molecular complexity index is 546. The molecule has 0 amide bonds. The van der Waals surface area contributed by atoms with Gasteiger partial charge in [0.15, 0.2) is 11.4 Å². The van der Waals surface area contributed by atoms with E-state index in [4.69, 9.17) is 4.74 Å². The summed E-state index contributed by atoms with van der Waals surface area (Å²) >= 11 is 0. The van der Waals surface area contributed by atoms with Crippen molar-refractivity contribution in [2.45, 2.75) is 32.4 Å². The Labute approximate surface area is 130 Å². The molecule has 1 N–H and O–H groups in total. The highest BCUT2D eigenvalue weighted by Gasteiger charge is 2.35. The molecule has 0 saturated heterocycles. The van der Waals surface area contributed by atoms with E-state index in [1.165, 1.54) is 6.92 Å². The quantitative estimate of drug-likeness (QED) is 0.779. The van der Waals surface area contributed by atoms with E-state index < -0.39 is 11.6 Å². The van der Waals surface area contributed by atoms with E-state index in [0.29, 0.717) is 6.54 Å². The average molecular weight is 308 g/mol. The first kappa shape index (κ1) is 16.6. The van der Waals surface area contributed by atoms with Gasteiger partial charge in [-0.2, -0.15) is 5.10 Å². The third-order valence-electron chi connectivity index (χ3n) is 3.71. The smallest absolute Gasteiger partial charge is 0.339 e. The Morgan fingerprint density at radius 1 is 1.50 bits per heavy atom. The summed E-state index contributed by atoms with van der Waals surface area (Å²) in [4.78, 5) is 15.7. The largest absolute Gasteiger partial charge is 0.464 e. The van der Waals surface area contributed by atoms with Crippen LogP contribution in [0.25, 0.3) is 0 Å². The fourth-order valence-electron chi connectivity index (χ4n) is 2.52. The van der Waals surface area contributed by atoms with Crippen LogP contribution in [0.4, 0.5) is 5.82 Å². The first-order chi connectivity index (χ1) is 10.3. The lowest BCUT2D eigenvalue weighted by molar-refractivity contribution is -0.165. The lowest BCUT2D eigenvalue weighted by Gasteiger charge is -2.33. The number of ether oxygens (including phenoxy) is 1. The van der Waals surface area contributed by atoms with Gasteiger partial charge in [0.1, 0.15) is 0 Å². The van der Waals surface area contributed by atoms with E-state index in [-0.39, 0.29) is 13.2 Å². The van der Waals surface area contributed by atoms with E-state index >= 15 is 0 Å². The van der Waals surface area contributed by atoms with Crippen LogP contribution in [0.5, 0.6) is 0 Å². The molecule has 0 saturated carbocycles. The van der Waals surface area contributed by atoms with Gasteiger partial charge in [0.25, 0.3) is 0 Å². The maximum atomic E-state index is 11.8. The molecule has 0 fully saturated rings. The minimum Gasteiger partial charge on any atom is -0.464 e. The summed E-state index contributed by atoms with van der Waals surface area (Å²) < 4.78 is 4.92. The van der Waals surface area contributed by atoms with Crippen LogP contribution in [0.15, 0.2) is 6.07 Å². The molecule has 1 aromatic rings. The topological polar surface area (TPSA) is 78.8 Å². The van der Waals surface area contributed by atoms with Crippen molar-refractivity contribution in [3.05, 3.63) is 17.3 Å². The van der Waals surface area contributed by atoms with E-state index in [2.05, 4.69) is 10.2 Å². The lowest BCUT2D eigenvalue weighted by atomic mass is 10.0. The number of aromatic nitrogens is 2. The first-order valence-corrected chi connectivity index (χ1v) is 7.48. The number of aliphatic hydroxyl groups is 1. The van der Waals surface area contributed by atoms with Crippen molar-refractivity contribution >= 4 is 11.8 Å². The van der Waals surface area contributed by atoms with E-state index in [1.807, 2.05) is 30.0 Å². The molecule has 0 aliphatic carbocycles. The monoisotopic (exact) mass is 308 g/mol. The second kappa shape index (κ2) is 6.58. The van der Waals surface area contributed by atoms with Gasteiger partial charge in [-0.15, -0.1) is 5.10 Å². The summed E-state index contributed by atoms with van der Waals surface area (Å²) in [5.41, 5.74) is 0.570. The zero-order chi connectivity index (χ0) is 16.3. The number of hydrogen-bond donors (Lipinski definition) is 1. The Kier molecular flexibility index (Phi) is 4.97. The molecular weight excluding hydrogens is 284 g/mol. The summed E-state index contributed by atoms with van der Waals surface area (Å²) in [6, 6.07) is 2.01. The van der Waals surface area contributed by atoms with Gasteiger partial charge in [-0.05, 0) is 25.5 Å². The number of carbonyl (C=O) groups excluding carboxylic acids is 1. The summed E-state index contributed by atoms with van der Waals surface area (Å²) in [6.45, 7) is 5.10. The molecule has 1 aromatic heterocycles. The molecule has 0 radical (unpaired) electrons. The zero-order valence-electron chi connectivity index (χ0n) is 13.7. The Balaban J connectivity index is 2.08. The van der Waals surface area contributed by atoms with Crippen LogP contribution in [-0.4, -0.2) is 65.6 Å². The maximum Gasteiger partial charge on any atom is 0.339 e. The second-order valence-electron chi connectivity index (χ2n) is 6.02. The molecule has 1 unspecified atom stereocenters. The van der Waals surface area contributed by atoms with Crippen LogP contribution < -0.4 is 4.90 Å². The molecule has 0 bridgehead atoms. The van der Waals surface area contributed by atoms with Crippen molar-refractivity contribution in [3.8, 4) is 0 Å². The van der Waals surface area contributed by atoms with Gasteiger partial charge in [0, 0.05) is 40.2 Å². The van der Waals surface area contributed by atoms with Crippen LogP contribution in [-0.2, 0) is 22.5 Å². The summed E-state index contributed by atoms with van der Waals surface area (Å²) in [6.07, 6.45) is 0.759. The SMILES string of the molecule is CCOC(=O)C(C)(O)CN1CCc2nnc(N(C)C)cc2C1. The van der Waals surface area contributed by atoms with Crippen LogP contribution in [0.1, 0.15) is 25.1 Å². The van der Waals surface area contributed by atoms with Crippen molar-refractivity contribution in [2.75, 3.05) is 38.7 Å². The van der Waals surface area contributed by atoms with Crippen molar-refractivity contribution < 1.29 is 14.6 Å². The number of esters is 1. The first-order valence-electron chi connectivity index (χ1n) is 7.48. The number of hydrogen-bond acceptors (Lipinski definition) is 7. The van der Waals surface area contributed by atoms with Gasteiger partial charge < -0.3 is 14.7 Å². The van der Waals surface area contributed by atoms with Crippen molar-refractivity contribution in [1.29, 1.82) is 0 Å². The highest BCUT2D eigenvalue weighted by atomic mass is 16.5. The lowest BCUT2D eigenvalue weighted by Crippen LogP contribution is -2.49. The number of rotatable bonds is 5. The molecule has 1 aliphatic rings. The van der Waals surface area contributed by atoms with Crippen molar-refractivity contribution in [1.82, 2.24) is 15.1 Å². The van der Waals surface area contributed by atoms with Crippen molar-refractivity contribution in [3.63, 3.8) is 0 Å². The number of anilines is 1. The molecule has 0 aromatic carbocycles. The van der Waals surface area contributed by atoms with Crippen LogP contribution >= 0.6 is 0 Å². The van der Waals surface area contributed by atoms with Crippen LogP contribution in [0.2, 0.25) is 0 Å². The zero-order valence-corrected chi connectivity index (χ0v) is 13.7. The number of nitrogens with zero attached hydrogens (tertiary/aromatic N) is 4. The Hall–Kier alpha value is -1.73. The van der Waals surface area contributed by atoms with Gasteiger partial charge in [0.05, 0.1) is 12.3 Å². The fraction of sp³-hybridized carbons (Fsp3) is 0.667. The second-order valence-corrected chi connectivity index (χ2v) is 6.02. The average Bonchev–Trinajstić information content (AvgIpc) is 2.46. The van der Waals surface area contributed by atoms with E-state index in [1.54, 1.807) is 6.92 Å². The molecule has 2 heterocycles. The van der Waals surface area contributed by atoms with Gasteiger partial charge in [-0.25, -0.2) is 4.79 Å². The molecule has 22 heavy (non-hydrogen) atoms. The maximum absolute atomic E-state index is 11.8. The molecule has 2 rings (SSSR count). The summed E-state index contributed by atoms with van der Waals surface area (Å²) in [7, 11) is 3.84. The molecule has 7 heteroatoms. The third kappa shape index (κ3) is 3.72. The normalized spacial score (nSPS) is 17.5. The standard InChI is InChI=1S/C15H24N4O3/c1-5-22-14(20)15(2,21)10-19-7-6-12-11(9-19)8-13(17-16-12)18(3)4/h8,21H,5-7,9-10H2,1-4H3. The molecule has 1 atom stereocenters.